The van der Waals surface area contributed by atoms with Gasteiger partial charge in [0.1, 0.15) is 5.75 Å². The second kappa shape index (κ2) is 6.26. The highest BCUT2D eigenvalue weighted by Crippen LogP contribution is 2.35. The summed E-state index contributed by atoms with van der Waals surface area (Å²) >= 11 is 3.55. The molecular formula is C13H20BrNO. The zero-order valence-electron chi connectivity index (χ0n) is 10.2. The van der Waals surface area contributed by atoms with Crippen molar-refractivity contribution in [2.75, 3.05) is 13.7 Å². The van der Waals surface area contributed by atoms with E-state index in [0.717, 1.165) is 23.1 Å². The summed E-state index contributed by atoms with van der Waals surface area (Å²) in [5, 5.41) is 0. The molecule has 16 heavy (non-hydrogen) atoms. The second-order valence-corrected chi connectivity index (χ2v) is 4.94. The van der Waals surface area contributed by atoms with Crippen LogP contribution in [-0.4, -0.2) is 13.7 Å². The number of hydrogen-bond acceptors (Lipinski definition) is 2. The van der Waals surface area contributed by atoms with Crippen molar-refractivity contribution in [1.82, 2.24) is 0 Å². The van der Waals surface area contributed by atoms with Gasteiger partial charge in [0.05, 0.1) is 7.11 Å². The lowest BCUT2D eigenvalue weighted by Gasteiger charge is -2.18. The number of halogens is 1. The molecule has 0 aliphatic carbocycles. The van der Waals surface area contributed by atoms with Crippen LogP contribution in [0.4, 0.5) is 0 Å². The summed E-state index contributed by atoms with van der Waals surface area (Å²) < 4.78 is 6.64. The third-order valence-corrected chi connectivity index (χ3v) is 3.33. The van der Waals surface area contributed by atoms with Crippen molar-refractivity contribution in [3.05, 3.63) is 27.7 Å². The molecule has 0 saturated carbocycles. The van der Waals surface area contributed by atoms with Crippen LogP contribution in [0.15, 0.2) is 16.6 Å². The Balaban J connectivity index is 3.19. The lowest BCUT2D eigenvalue weighted by Crippen LogP contribution is -2.07. The number of nitrogens with two attached hydrogens (primary N) is 1. The molecule has 1 rings (SSSR count). The quantitative estimate of drug-likeness (QED) is 0.899. The Labute approximate surface area is 106 Å². The third-order valence-electron chi connectivity index (χ3n) is 2.87. The van der Waals surface area contributed by atoms with Crippen LogP contribution in [0, 0.1) is 0 Å². The molecule has 3 heteroatoms. The van der Waals surface area contributed by atoms with Gasteiger partial charge in [-0.2, -0.15) is 0 Å². The highest BCUT2D eigenvalue weighted by Gasteiger charge is 2.15. The van der Waals surface area contributed by atoms with Crippen LogP contribution < -0.4 is 10.5 Å². The van der Waals surface area contributed by atoms with Crippen LogP contribution in [0.2, 0.25) is 0 Å². The molecule has 0 amide bonds. The summed E-state index contributed by atoms with van der Waals surface area (Å²) in [6.45, 7) is 5.04. The highest BCUT2D eigenvalue weighted by atomic mass is 79.9. The first-order chi connectivity index (χ1) is 7.63. The fraction of sp³-hybridized carbons (Fsp3) is 0.538. The molecule has 0 aliphatic heterocycles. The lowest BCUT2D eigenvalue weighted by atomic mass is 9.94. The fourth-order valence-electron chi connectivity index (χ4n) is 1.96. The number of ether oxygens (including phenoxy) is 1. The molecule has 90 valence electrons. The number of benzene rings is 1. The van der Waals surface area contributed by atoms with Crippen molar-refractivity contribution in [2.45, 2.75) is 32.6 Å². The maximum absolute atomic E-state index is 5.61. The molecular weight excluding hydrogens is 266 g/mol. The van der Waals surface area contributed by atoms with Crippen molar-refractivity contribution >= 4 is 15.9 Å². The van der Waals surface area contributed by atoms with Crippen LogP contribution in [0.5, 0.6) is 5.75 Å². The van der Waals surface area contributed by atoms with Gasteiger partial charge in [-0.25, -0.2) is 0 Å². The zero-order chi connectivity index (χ0) is 12.1. The monoisotopic (exact) mass is 285 g/mol. The molecule has 2 N–H and O–H groups in total. The second-order valence-electron chi connectivity index (χ2n) is 4.02. The molecule has 1 aromatic carbocycles. The van der Waals surface area contributed by atoms with Gasteiger partial charge in [-0.05, 0) is 48.6 Å². The molecule has 0 radical (unpaired) electrons. The number of rotatable bonds is 5. The Kier molecular flexibility index (Phi) is 5.29. The average molecular weight is 286 g/mol. The first kappa shape index (κ1) is 13.5. The Morgan fingerprint density at radius 1 is 1.44 bits per heavy atom. The summed E-state index contributed by atoms with van der Waals surface area (Å²) in [6.07, 6.45) is 1.96. The molecule has 0 spiro atoms. The molecule has 1 atom stereocenters. The van der Waals surface area contributed by atoms with E-state index in [1.54, 1.807) is 7.11 Å². The van der Waals surface area contributed by atoms with E-state index in [9.17, 15) is 0 Å². The van der Waals surface area contributed by atoms with E-state index < -0.39 is 0 Å². The molecule has 1 aromatic rings. The SMILES string of the molecule is CCc1cc(Br)cc(C(C)CCN)c1OC. The maximum Gasteiger partial charge on any atom is 0.125 e. The van der Waals surface area contributed by atoms with E-state index in [2.05, 4.69) is 41.9 Å². The van der Waals surface area contributed by atoms with E-state index in [1.807, 2.05) is 0 Å². The molecule has 0 fully saturated rings. The predicted molar refractivity (Wildman–Crippen MR) is 72.2 cm³/mol. The standard InChI is InChI=1S/C13H20BrNO/c1-4-10-7-11(14)8-12(13(10)16-3)9(2)5-6-15/h7-9H,4-6,15H2,1-3H3. The van der Waals surface area contributed by atoms with E-state index in [1.165, 1.54) is 11.1 Å². The molecule has 1 unspecified atom stereocenters. The van der Waals surface area contributed by atoms with Crippen molar-refractivity contribution < 1.29 is 4.74 Å². The molecule has 2 nitrogen and oxygen atoms in total. The van der Waals surface area contributed by atoms with Crippen molar-refractivity contribution in [2.24, 2.45) is 5.73 Å². The average Bonchev–Trinajstić information content (AvgIpc) is 2.28. The fourth-order valence-corrected chi connectivity index (χ4v) is 2.48. The van der Waals surface area contributed by atoms with Gasteiger partial charge in [-0.3, -0.25) is 0 Å². The number of methoxy groups -OCH3 is 1. The van der Waals surface area contributed by atoms with Gasteiger partial charge in [-0.15, -0.1) is 0 Å². The largest absolute Gasteiger partial charge is 0.496 e. The minimum Gasteiger partial charge on any atom is -0.496 e. The minimum absolute atomic E-state index is 0.433. The predicted octanol–water partition coefficient (Wildman–Crippen LogP) is 3.47. The first-order valence-electron chi connectivity index (χ1n) is 5.70. The van der Waals surface area contributed by atoms with Gasteiger partial charge in [0.2, 0.25) is 0 Å². The molecule has 0 aromatic heterocycles. The van der Waals surface area contributed by atoms with Crippen LogP contribution >= 0.6 is 15.9 Å². The van der Waals surface area contributed by atoms with Gasteiger partial charge in [-0.1, -0.05) is 29.8 Å². The molecule has 0 heterocycles. The van der Waals surface area contributed by atoms with E-state index in [0.29, 0.717) is 12.5 Å². The number of hydrogen-bond donors (Lipinski definition) is 1. The van der Waals surface area contributed by atoms with Gasteiger partial charge in [0, 0.05) is 4.47 Å². The first-order valence-corrected chi connectivity index (χ1v) is 6.49. The topological polar surface area (TPSA) is 35.2 Å². The molecule has 0 aliphatic rings. The van der Waals surface area contributed by atoms with Crippen LogP contribution in [0.3, 0.4) is 0 Å². The van der Waals surface area contributed by atoms with Crippen molar-refractivity contribution in [1.29, 1.82) is 0 Å². The van der Waals surface area contributed by atoms with Gasteiger partial charge < -0.3 is 10.5 Å². The molecule has 0 saturated heterocycles. The Hall–Kier alpha value is -0.540. The summed E-state index contributed by atoms with van der Waals surface area (Å²) in [7, 11) is 1.74. The van der Waals surface area contributed by atoms with Crippen LogP contribution in [0.1, 0.15) is 37.3 Å². The van der Waals surface area contributed by atoms with Crippen molar-refractivity contribution in [3.63, 3.8) is 0 Å². The Bertz CT molecular complexity index is 352. The van der Waals surface area contributed by atoms with Crippen LogP contribution in [-0.2, 0) is 6.42 Å². The van der Waals surface area contributed by atoms with Gasteiger partial charge in [0.25, 0.3) is 0 Å². The highest BCUT2D eigenvalue weighted by molar-refractivity contribution is 9.10. The minimum atomic E-state index is 0.433. The van der Waals surface area contributed by atoms with E-state index in [4.69, 9.17) is 10.5 Å². The van der Waals surface area contributed by atoms with Crippen LogP contribution in [0.25, 0.3) is 0 Å². The summed E-state index contributed by atoms with van der Waals surface area (Å²) in [5.74, 6) is 1.45. The molecule has 0 bridgehead atoms. The Morgan fingerprint density at radius 3 is 2.62 bits per heavy atom. The maximum atomic E-state index is 5.61. The summed E-state index contributed by atoms with van der Waals surface area (Å²) in [5.41, 5.74) is 8.11. The summed E-state index contributed by atoms with van der Waals surface area (Å²) in [6, 6.07) is 4.26. The zero-order valence-corrected chi connectivity index (χ0v) is 11.8. The third kappa shape index (κ3) is 2.98. The van der Waals surface area contributed by atoms with E-state index in [-0.39, 0.29) is 0 Å². The smallest absolute Gasteiger partial charge is 0.125 e. The van der Waals surface area contributed by atoms with Gasteiger partial charge in [0.15, 0.2) is 0 Å². The lowest BCUT2D eigenvalue weighted by molar-refractivity contribution is 0.400. The summed E-state index contributed by atoms with van der Waals surface area (Å²) in [4.78, 5) is 0. The van der Waals surface area contributed by atoms with E-state index >= 15 is 0 Å². The Morgan fingerprint density at radius 2 is 2.12 bits per heavy atom. The van der Waals surface area contributed by atoms with Gasteiger partial charge >= 0.3 is 0 Å². The number of aryl methyl sites for hydroxylation is 1. The van der Waals surface area contributed by atoms with Crippen molar-refractivity contribution in [3.8, 4) is 5.75 Å². The normalized spacial score (nSPS) is 12.6.